The Morgan fingerprint density at radius 2 is 2.10 bits per heavy atom. The Labute approximate surface area is 136 Å². The van der Waals surface area contributed by atoms with Crippen LogP contribution in [0.1, 0.15) is 38.2 Å². The molecule has 0 spiro atoms. The second kappa shape index (κ2) is 8.38. The van der Waals surface area contributed by atoms with Crippen molar-refractivity contribution >= 4 is 27.5 Å². The Morgan fingerprint density at radius 3 is 2.80 bits per heavy atom. The molecule has 1 saturated heterocycles. The summed E-state index contributed by atoms with van der Waals surface area (Å²) in [7, 11) is 0. The van der Waals surface area contributed by atoms with E-state index in [2.05, 4.69) is 39.1 Å². The van der Waals surface area contributed by atoms with Crippen molar-refractivity contribution in [1.29, 1.82) is 0 Å². The highest BCUT2D eigenvalue weighted by atomic mass is 79.9. The van der Waals surface area contributed by atoms with E-state index < -0.39 is 0 Å². The Bertz CT molecular complexity index is 417. The summed E-state index contributed by atoms with van der Waals surface area (Å²) >= 11 is 9.73. The van der Waals surface area contributed by atoms with Gasteiger partial charge in [-0.2, -0.15) is 0 Å². The lowest BCUT2D eigenvalue weighted by Gasteiger charge is -2.32. The molecule has 0 aliphatic carbocycles. The summed E-state index contributed by atoms with van der Waals surface area (Å²) in [5.41, 5.74) is 1.18. The molecule has 2 rings (SSSR count). The summed E-state index contributed by atoms with van der Waals surface area (Å²) < 4.78 is 1.09. The molecule has 1 aromatic rings. The zero-order valence-electron chi connectivity index (χ0n) is 12.2. The van der Waals surface area contributed by atoms with Crippen LogP contribution in [0, 0.1) is 0 Å². The van der Waals surface area contributed by atoms with Gasteiger partial charge in [0.1, 0.15) is 0 Å². The molecule has 0 amide bonds. The van der Waals surface area contributed by atoms with Gasteiger partial charge in [-0.1, -0.05) is 40.9 Å². The normalized spacial score (nSPS) is 17.6. The second-order valence-corrected chi connectivity index (χ2v) is 6.91. The summed E-state index contributed by atoms with van der Waals surface area (Å²) in [6.07, 6.45) is 5.11. The van der Waals surface area contributed by atoms with Gasteiger partial charge >= 0.3 is 0 Å². The quantitative estimate of drug-likeness (QED) is 0.807. The number of piperidine rings is 1. The number of hydrogen-bond donors (Lipinski definition) is 1. The number of rotatable bonds is 6. The fourth-order valence-corrected chi connectivity index (χ4v) is 3.27. The van der Waals surface area contributed by atoms with Gasteiger partial charge in [0.15, 0.2) is 0 Å². The van der Waals surface area contributed by atoms with Crippen molar-refractivity contribution in [1.82, 2.24) is 10.2 Å². The van der Waals surface area contributed by atoms with E-state index >= 15 is 0 Å². The summed E-state index contributed by atoms with van der Waals surface area (Å²) in [4.78, 5) is 2.59. The zero-order valence-corrected chi connectivity index (χ0v) is 14.5. The van der Waals surface area contributed by atoms with E-state index in [-0.39, 0.29) is 0 Å². The van der Waals surface area contributed by atoms with Crippen LogP contribution in [0.5, 0.6) is 0 Å². The molecule has 1 aliphatic heterocycles. The van der Waals surface area contributed by atoms with Crippen LogP contribution in [-0.4, -0.2) is 30.6 Å². The smallest absolute Gasteiger partial charge is 0.0451 e. The molecule has 112 valence electrons. The third-order valence-corrected chi connectivity index (χ3v) is 4.87. The largest absolute Gasteiger partial charge is 0.310 e. The van der Waals surface area contributed by atoms with Gasteiger partial charge in [0.05, 0.1) is 0 Å². The lowest BCUT2D eigenvalue weighted by molar-refractivity contribution is 0.195. The molecule has 1 aliphatic rings. The molecule has 1 fully saturated rings. The number of halogens is 2. The van der Waals surface area contributed by atoms with E-state index in [1.54, 1.807) is 0 Å². The molecule has 0 radical (unpaired) electrons. The first-order valence-electron chi connectivity index (χ1n) is 7.58. The zero-order chi connectivity index (χ0) is 14.4. The average Bonchev–Trinajstić information content (AvgIpc) is 2.47. The van der Waals surface area contributed by atoms with Crippen LogP contribution in [0.3, 0.4) is 0 Å². The molecule has 0 unspecified atom stereocenters. The van der Waals surface area contributed by atoms with Crippen LogP contribution in [0.4, 0.5) is 0 Å². The molecule has 0 saturated carbocycles. The molecule has 1 heterocycles. The summed E-state index contributed by atoms with van der Waals surface area (Å²) in [6, 6.07) is 6.67. The first-order valence-corrected chi connectivity index (χ1v) is 8.76. The predicted molar refractivity (Wildman–Crippen MR) is 90.4 cm³/mol. The average molecular weight is 360 g/mol. The predicted octanol–water partition coefficient (Wildman–Crippen LogP) is 4.46. The van der Waals surface area contributed by atoms with E-state index in [9.17, 15) is 0 Å². The topological polar surface area (TPSA) is 15.3 Å². The Balaban J connectivity index is 1.74. The standard InChI is InChI=1S/C16H24BrClN2/c1-2-3-8-20-9-6-15(7-10-20)19-12-13-11-14(17)4-5-16(13)18/h4-5,11,15,19H,2-3,6-10,12H2,1H3. The maximum absolute atomic E-state index is 6.23. The highest BCUT2D eigenvalue weighted by Crippen LogP contribution is 2.21. The maximum Gasteiger partial charge on any atom is 0.0451 e. The molecular weight excluding hydrogens is 336 g/mol. The van der Waals surface area contributed by atoms with Crippen LogP contribution < -0.4 is 5.32 Å². The van der Waals surface area contributed by atoms with Crippen molar-refractivity contribution in [3.05, 3.63) is 33.3 Å². The van der Waals surface area contributed by atoms with Gasteiger partial charge in [0.2, 0.25) is 0 Å². The molecule has 1 N–H and O–H groups in total. The minimum absolute atomic E-state index is 0.628. The van der Waals surface area contributed by atoms with E-state index in [1.165, 1.54) is 50.9 Å². The van der Waals surface area contributed by atoms with E-state index in [1.807, 2.05) is 12.1 Å². The van der Waals surface area contributed by atoms with Crippen molar-refractivity contribution in [2.24, 2.45) is 0 Å². The number of likely N-dealkylation sites (tertiary alicyclic amines) is 1. The first-order chi connectivity index (χ1) is 9.69. The summed E-state index contributed by atoms with van der Waals surface area (Å²) in [6.45, 7) is 6.84. The molecule has 0 bridgehead atoms. The minimum atomic E-state index is 0.628. The van der Waals surface area contributed by atoms with Crippen molar-refractivity contribution in [2.45, 2.75) is 45.2 Å². The van der Waals surface area contributed by atoms with E-state index in [0.717, 1.165) is 16.0 Å². The minimum Gasteiger partial charge on any atom is -0.310 e. The van der Waals surface area contributed by atoms with Crippen LogP contribution >= 0.6 is 27.5 Å². The number of nitrogens with zero attached hydrogens (tertiary/aromatic N) is 1. The maximum atomic E-state index is 6.23. The third kappa shape index (κ3) is 5.03. The third-order valence-electron chi connectivity index (χ3n) is 4.00. The van der Waals surface area contributed by atoms with Gasteiger partial charge in [-0.15, -0.1) is 0 Å². The number of benzene rings is 1. The fourth-order valence-electron chi connectivity index (χ4n) is 2.68. The molecule has 0 atom stereocenters. The molecule has 1 aromatic carbocycles. The molecule has 2 nitrogen and oxygen atoms in total. The highest BCUT2D eigenvalue weighted by molar-refractivity contribution is 9.10. The molecular formula is C16H24BrClN2. The van der Waals surface area contributed by atoms with E-state index in [4.69, 9.17) is 11.6 Å². The van der Waals surface area contributed by atoms with Gasteiger partial charge < -0.3 is 10.2 Å². The van der Waals surface area contributed by atoms with Gasteiger partial charge in [-0.25, -0.2) is 0 Å². The van der Waals surface area contributed by atoms with Crippen molar-refractivity contribution in [3.63, 3.8) is 0 Å². The van der Waals surface area contributed by atoms with Crippen LogP contribution in [0.25, 0.3) is 0 Å². The molecule has 4 heteroatoms. The Morgan fingerprint density at radius 1 is 1.35 bits per heavy atom. The Hall–Kier alpha value is -0.0900. The summed E-state index contributed by atoms with van der Waals surface area (Å²) in [5, 5.41) is 4.50. The second-order valence-electron chi connectivity index (χ2n) is 5.59. The molecule has 20 heavy (non-hydrogen) atoms. The number of nitrogens with one attached hydrogen (secondary N) is 1. The fraction of sp³-hybridized carbons (Fsp3) is 0.625. The van der Waals surface area contributed by atoms with E-state index in [0.29, 0.717) is 6.04 Å². The van der Waals surface area contributed by atoms with Crippen LogP contribution in [0.2, 0.25) is 5.02 Å². The summed E-state index contributed by atoms with van der Waals surface area (Å²) in [5.74, 6) is 0. The van der Waals surface area contributed by atoms with Crippen molar-refractivity contribution in [3.8, 4) is 0 Å². The van der Waals surface area contributed by atoms with Crippen molar-refractivity contribution < 1.29 is 0 Å². The van der Waals surface area contributed by atoms with Gasteiger partial charge in [0.25, 0.3) is 0 Å². The Kier molecular flexibility index (Phi) is 6.82. The van der Waals surface area contributed by atoms with Gasteiger partial charge in [0, 0.05) is 22.1 Å². The number of unbranched alkanes of at least 4 members (excludes halogenated alkanes) is 1. The number of hydrogen-bond acceptors (Lipinski definition) is 2. The first kappa shape index (κ1) is 16.3. The SMILES string of the molecule is CCCCN1CCC(NCc2cc(Br)ccc2Cl)CC1. The lowest BCUT2D eigenvalue weighted by atomic mass is 10.0. The van der Waals surface area contributed by atoms with Crippen LogP contribution in [-0.2, 0) is 6.54 Å². The van der Waals surface area contributed by atoms with Crippen LogP contribution in [0.15, 0.2) is 22.7 Å². The highest BCUT2D eigenvalue weighted by Gasteiger charge is 2.18. The lowest BCUT2D eigenvalue weighted by Crippen LogP contribution is -2.42. The van der Waals surface area contributed by atoms with Gasteiger partial charge in [-0.3, -0.25) is 0 Å². The molecule has 0 aromatic heterocycles. The van der Waals surface area contributed by atoms with Crippen molar-refractivity contribution in [2.75, 3.05) is 19.6 Å². The monoisotopic (exact) mass is 358 g/mol. The van der Waals surface area contributed by atoms with Gasteiger partial charge in [-0.05, 0) is 62.7 Å².